The Hall–Kier alpha value is -0.570. The van der Waals surface area contributed by atoms with Crippen LogP contribution >= 0.6 is 0 Å². The zero-order chi connectivity index (χ0) is 8.27. The summed E-state index contributed by atoms with van der Waals surface area (Å²) in [4.78, 5) is 13.0. The molecule has 1 fully saturated rings. The molecule has 11 heavy (non-hydrogen) atoms. The lowest BCUT2D eigenvalue weighted by Gasteiger charge is -2.31. The molecular weight excluding hydrogens is 142 g/mol. The van der Waals surface area contributed by atoms with Crippen LogP contribution in [0.2, 0.25) is 0 Å². The molecule has 0 aliphatic carbocycles. The molecule has 0 aromatic rings. The molecule has 1 aliphatic rings. The van der Waals surface area contributed by atoms with E-state index in [0.29, 0.717) is 6.42 Å². The van der Waals surface area contributed by atoms with E-state index in [2.05, 4.69) is 0 Å². The second-order valence-corrected chi connectivity index (χ2v) is 2.88. The number of ether oxygens (including phenoxy) is 1. The number of hydrogen-bond donors (Lipinski definition) is 0. The highest BCUT2D eigenvalue weighted by atomic mass is 16.5. The van der Waals surface area contributed by atoms with E-state index >= 15 is 0 Å². The molecule has 0 saturated carbocycles. The molecule has 1 saturated heterocycles. The Kier molecular flexibility index (Phi) is 2.88. The molecule has 3 heteroatoms. The van der Waals surface area contributed by atoms with Crippen molar-refractivity contribution in [3.8, 4) is 0 Å². The summed E-state index contributed by atoms with van der Waals surface area (Å²) < 4.78 is 5.07. The van der Waals surface area contributed by atoms with Crippen molar-refractivity contribution < 1.29 is 9.53 Å². The number of amides is 1. The standard InChI is InChI=1S/C8H15NO2/c1-7(11-2)9-6-4-3-5-8(9)10/h7H,3-6H2,1-2H3. The number of hydrogen-bond acceptors (Lipinski definition) is 2. The van der Waals surface area contributed by atoms with Crippen molar-refractivity contribution in [2.24, 2.45) is 0 Å². The molecule has 0 bridgehead atoms. The fourth-order valence-corrected chi connectivity index (χ4v) is 1.34. The van der Waals surface area contributed by atoms with Crippen molar-refractivity contribution in [3.63, 3.8) is 0 Å². The largest absolute Gasteiger partial charge is 0.362 e. The third-order valence-corrected chi connectivity index (χ3v) is 2.14. The van der Waals surface area contributed by atoms with Crippen molar-refractivity contribution in [2.45, 2.75) is 32.4 Å². The van der Waals surface area contributed by atoms with Crippen LogP contribution in [0.4, 0.5) is 0 Å². The van der Waals surface area contributed by atoms with Gasteiger partial charge in [0.15, 0.2) is 0 Å². The molecule has 3 nitrogen and oxygen atoms in total. The van der Waals surface area contributed by atoms with Crippen LogP contribution in [0.5, 0.6) is 0 Å². The van der Waals surface area contributed by atoms with Gasteiger partial charge in [-0.2, -0.15) is 0 Å². The third-order valence-electron chi connectivity index (χ3n) is 2.14. The Bertz CT molecular complexity index is 147. The first-order valence-corrected chi connectivity index (χ1v) is 4.08. The molecule has 0 aromatic carbocycles. The lowest BCUT2D eigenvalue weighted by atomic mass is 10.1. The molecule has 1 rings (SSSR count). The molecule has 0 aromatic heterocycles. The van der Waals surface area contributed by atoms with Gasteiger partial charge < -0.3 is 9.64 Å². The highest BCUT2D eigenvalue weighted by Gasteiger charge is 2.22. The van der Waals surface area contributed by atoms with Gasteiger partial charge in [-0.25, -0.2) is 0 Å². The van der Waals surface area contributed by atoms with E-state index in [0.717, 1.165) is 19.4 Å². The maximum atomic E-state index is 11.2. The fourth-order valence-electron chi connectivity index (χ4n) is 1.34. The van der Waals surface area contributed by atoms with Crippen LogP contribution < -0.4 is 0 Å². The number of rotatable bonds is 2. The third kappa shape index (κ3) is 1.93. The second kappa shape index (κ2) is 3.72. The van der Waals surface area contributed by atoms with E-state index in [1.807, 2.05) is 6.92 Å². The second-order valence-electron chi connectivity index (χ2n) is 2.88. The number of methoxy groups -OCH3 is 1. The zero-order valence-corrected chi connectivity index (χ0v) is 7.17. The number of carbonyl (C=O) groups excluding carboxylic acids is 1. The summed E-state index contributed by atoms with van der Waals surface area (Å²) in [5.74, 6) is 0.227. The fraction of sp³-hybridized carbons (Fsp3) is 0.875. The van der Waals surface area contributed by atoms with Gasteiger partial charge in [0, 0.05) is 20.1 Å². The van der Waals surface area contributed by atoms with E-state index in [-0.39, 0.29) is 12.1 Å². The normalized spacial score (nSPS) is 22.0. The molecular formula is C8H15NO2. The van der Waals surface area contributed by atoms with Crippen LogP contribution in [0.15, 0.2) is 0 Å². The van der Waals surface area contributed by atoms with E-state index in [4.69, 9.17) is 4.74 Å². The van der Waals surface area contributed by atoms with E-state index in [1.54, 1.807) is 12.0 Å². The number of nitrogens with zero attached hydrogens (tertiary/aromatic N) is 1. The first-order valence-electron chi connectivity index (χ1n) is 4.08. The molecule has 0 spiro atoms. The van der Waals surface area contributed by atoms with Crippen molar-refractivity contribution in [1.29, 1.82) is 0 Å². The monoisotopic (exact) mass is 157 g/mol. The molecule has 1 atom stereocenters. The van der Waals surface area contributed by atoms with Crippen LogP contribution in [0.3, 0.4) is 0 Å². The number of carbonyl (C=O) groups is 1. The van der Waals surface area contributed by atoms with Gasteiger partial charge in [-0.05, 0) is 19.8 Å². The predicted octanol–water partition coefficient (Wildman–Crippen LogP) is 0.991. The SMILES string of the molecule is COC(C)N1CCCCC1=O. The molecule has 1 aliphatic heterocycles. The molecule has 1 amide bonds. The van der Waals surface area contributed by atoms with Crippen LogP contribution in [0, 0.1) is 0 Å². The smallest absolute Gasteiger partial charge is 0.224 e. The summed E-state index contributed by atoms with van der Waals surface area (Å²) in [7, 11) is 1.63. The summed E-state index contributed by atoms with van der Waals surface area (Å²) in [6, 6.07) is 0. The van der Waals surface area contributed by atoms with Crippen molar-refractivity contribution >= 4 is 5.91 Å². The van der Waals surface area contributed by atoms with Crippen LogP contribution in [0.1, 0.15) is 26.2 Å². The van der Waals surface area contributed by atoms with Gasteiger partial charge in [-0.1, -0.05) is 0 Å². The van der Waals surface area contributed by atoms with Crippen molar-refractivity contribution in [1.82, 2.24) is 4.90 Å². The van der Waals surface area contributed by atoms with Crippen LogP contribution in [-0.4, -0.2) is 30.7 Å². The highest BCUT2D eigenvalue weighted by molar-refractivity contribution is 5.76. The summed E-state index contributed by atoms with van der Waals surface area (Å²) in [6.07, 6.45) is 2.78. The van der Waals surface area contributed by atoms with Gasteiger partial charge >= 0.3 is 0 Å². The molecule has 64 valence electrons. The summed E-state index contributed by atoms with van der Waals surface area (Å²) in [5, 5.41) is 0. The van der Waals surface area contributed by atoms with Crippen molar-refractivity contribution in [3.05, 3.63) is 0 Å². The van der Waals surface area contributed by atoms with E-state index < -0.39 is 0 Å². The summed E-state index contributed by atoms with van der Waals surface area (Å²) in [5.41, 5.74) is 0. The predicted molar refractivity (Wildman–Crippen MR) is 42.0 cm³/mol. The van der Waals surface area contributed by atoms with Crippen LogP contribution in [-0.2, 0) is 9.53 Å². The molecule has 0 radical (unpaired) electrons. The lowest BCUT2D eigenvalue weighted by Crippen LogP contribution is -2.42. The minimum Gasteiger partial charge on any atom is -0.362 e. The summed E-state index contributed by atoms with van der Waals surface area (Å²) in [6.45, 7) is 2.76. The van der Waals surface area contributed by atoms with Gasteiger partial charge in [0.25, 0.3) is 0 Å². The summed E-state index contributed by atoms with van der Waals surface area (Å²) >= 11 is 0. The first kappa shape index (κ1) is 8.53. The minimum atomic E-state index is -0.0530. The van der Waals surface area contributed by atoms with E-state index in [9.17, 15) is 4.79 Å². The molecule has 1 heterocycles. The quantitative estimate of drug-likeness (QED) is 0.598. The minimum absolute atomic E-state index is 0.0530. The Balaban J connectivity index is 2.47. The average Bonchev–Trinajstić information content (AvgIpc) is 2.04. The number of piperidine rings is 1. The highest BCUT2D eigenvalue weighted by Crippen LogP contribution is 2.13. The van der Waals surface area contributed by atoms with Gasteiger partial charge in [-0.15, -0.1) is 0 Å². The topological polar surface area (TPSA) is 29.5 Å². The zero-order valence-electron chi connectivity index (χ0n) is 7.17. The lowest BCUT2D eigenvalue weighted by molar-refractivity contribution is -0.145. The van der Waals surface area contributed by atoms with E-state index in [1.165, 1.54) is 0 Å². The Morgan fingerprint density at radius 3 is 2.82 bits per heavy atom. The maximum absolute atomic E-state index is 11.2. The Morgan fingerprint density at radius 2 is 2.27 bits per heavy atom. The van der Waals surface area contributed by atoms with Gasteiger partial charge in [-0.3, -0.25) is 4.79 Å². The van der Waals surface area contributed by atoms with Gasteiger partial charge in [0.1, 0.15) is 6.23 Å². The average molecular weight is 157 g/mol. The maximum Gasteiger partial charge on any atom is 0.224 e. The van der Waals surface area contributed by atoms with Gasteiger partial charge in [0.2, 0.25) is 5.91 Å². The molecule has 1 unspecified atom stereocenters. The number of likely N-dealkylation sites (tertiary alicyclic amines) is 1. The molecule has 0 N–H and O–H groups in total. The Labute approximate surface area is 67.3 Å². The van der Waals surface area contributed by atoms with Gasteiger partial charge in [0.05, 0.1) is 0 Å². The van der Waals surface area contributed by atoms with Crippen molar-refractivity contribution in [2.75, 3.05) is 13.7 Å². The van der Waals surface area contributed by atoms with Crippen LogP contribution in [0.25, 0.3) is 0 Å². The first-order chi connectivity index (χ1) is 5.25. The Morgan fingerprint density at radius 1 is 1.55 bits per heavy atom.